The molecule has 2 aromatic rings. The second-order valence-electron chi connectivity index (χ2n) is 2.43. The van der Waals surface area contributed by atoms with Gasteiger partial charge in [-0.05, 0) is 0 Å². The molecule has 62 valence electrons. The van der Waals surface area contributed by atoms with E-state index in [0.717, 1.165) is 11.0 Å². The number of aryl methyl sites for hydroxylation is 1. The van der Waals surface area contributed by atoms with Gasteiger partial charge in [0.25, 0.3) is 0 Å². The van der Waals surface area contributed by atoms with Crippen LogP contribution in [0.5, 0.6) is 0 Å². The number of hydrogen-bond acceptors (Lipinski definition) is 2. The van der Waals surface area contributed by atoms with E-state index in [1.165, 1.54) is 6.20 Å². The van der Waals surface area contributed by atoms with E-state index in [9.17, 15) is 0 Å². The molecule has 0 spiro atoms. The minimum atomic E-state index is 0.456. The molecule has 3 nitrogen and oxygen atoms in total. The van der Waals surface area contributed by atoms with Crippen molar-refractivity contribution in [2.24, 2.45) is 7.05 Å². The van der Waals surface area contributed by atoms with E-state index in [1.807, 2.05) is 0 Å². The standard InChI is InChI=1S/C7H5Cl2N3/c1-12-7-4(2-11-12)6(9)5(8)3-10-7/h2-3H,1H3. The fraction of sp³-hybridized carbons (Fsp3) is 0.143. The van der Waals surface area contributed by atoms with Crippen molar-refractivity contribution in [2.45, 2.75) is 0 Å². The molecular weight excluding hydrogens is 197 g/mol. The molecule has 2 aromatic heterocycles. The zero-order chi connectivity index (χ0) is 8.72. The summed E-state index contributed by atoms with van der Waals surface area (Å²) in [6.07, 6.45) is 3.17. The average molecular weight is 202 g/mol. The van der Waals surface area contributed by atoms with Gasteiger partial charge in [0.1, 0.15) is 0 Å². The molecule has 0 saturated heterocycles. The van der Waals surface area contributed by atoms with E-state index in [-0.39, 0.29) is 0 Å². The molecule has 0 aliphatic carbocycles. The van der Waals surface area contributed by atoms with E-state index in [4.69, 9.17) is 23.2 Å². The molecule has 0 aromatic carbocycles. The Labute approximate surface area is 78.9 Å². The first-order valence-electron chi connectivity index (χ1n) is 3.32. The highest BCUT2D eigenvalue weighted by atomic mass is 35.5. The fourth-order valence-electron chi connectivity index (χ4n) is 1.04. The maximum Gasteiger partial charge on any atom is 0.159 e. The minimum absolute atomic E-state index is 0.456. The van der Waals surface area contributed by atoms with Gasteiger partial charge >= 0.3 is 0 Å². The number of fused-ring (bicyclic) bond motifs is 1. The van der Waals surface area contributed by atoms with Crippen LogP contribution >= 0.6 is 23.2 Å². The van der Waals surface area contributed by atoms with Crippen LogP contribution in [0.1, 0.15) is 0 Å². The zero-order valence-corrected chi connectivity index (χ0v) is 7.76. The van der Waals surface area contributed by atoms with Crippen LogP contribution in [0, 0.1) is 0 Å². The molecule has 0 N–H and O–H groups in total. The summed E-state index contributed by atoms with van der Waals surface area (Å²) in [5.41, 5.74) is 0.740. The second-order valence-corrected chi connectivity index (χ2v) is 3.21. The molecule has 12 heavy (non-hydrogen) atoms. The van der Waals surface area contributed by atoms with Gasteiger partial charge in [-0.3, -0.25) is 4.68 Å². The lowest BCUT2D eigenvalue weighted by Crippen LogP contribution is -1.90. The monoisotopic (exact) mass is 201 g/mol. The summed E-state index contributed by atoms with van der Waals surface area (Å²) in [5.74, 6) is 0. The number of pyridine rings is 1. The Bertz CT molecular complexity index is 435. The number of hydrogen-bond donors (Lipinski definition) is 0. The van der Waals surface area contributed by atoms with Crippen LogP contribution in [-0.4, -0.2) is 14.8 Å². The maximum absolute atomic E-state index is 5.91. The summed E-state index contributed by atoms with van der Waals surface area (Å²) in [6.45, 7) is 0. The first-order chi connectivity index (χ1) is 5.70. The highest BCUT2D eigenvalue weighted by Gasteiger charge is 2.07. The van der Waals surface area contributed by atoms with Gasteiger partial charge in [-0.1, -0.05) is 23.2 Å². The van der Waals surface area contributed by atoms with Gasteiger partial charge in [0.05, 0.1) is 21.6 Å². The lowest BCUT2D eigenvalue weighted by Gasteiger charge is -1.96. The number of halogens is 2. The van der Waals surface area contributed by atoms with Gasteiger partial charge in [-0.2, -0.15) is 5.10 Å². The second kappa shape index (κ2) is 2.61. The van der Waals surface area contributed by atoms with Crippen molar-refractivity contribution in [3.05, 3.63) is 22.4 Å². The third-order valence-corrected chi connectivity index (χ3v) is 2.44. The maximum atomic E-state index is 5.91. The topological polar surface area (TPSA) is 30.7 Å². The van der Waals surface area contributed by atoms with Crippen LogP contribution in [0.4, 0.5) is 0 Å². The molecule has 0 aliphatic rings. The summed E-state index contributed by atoms with van der Waals surface area (Å²) in [6, 6.07) is 0. The Kier molecular flexibility index (Phi) is 1.70. The van der Waals surface area contributed by atoms with Gasteiger partial charge in [-0.25, -0.2) is 4.98 Å². The van der Waals surface area contributed by atoms with E-state index in [1.54, 1.807) is 17.9 Å². The molecule has 2 rings (SSSR count). The average Bonchev–Trinajstić information content (AvgIpc) is 2.41. The molecule has 0 saturated carbocycles. The molecule has 5 heteroatoms. The lowest BCUT2D eigenvalue weighted by atomic mass is 10.3. The van der Waals surface area contributed by atoms with Crippen molar-refractivity contribution in [2.75, 3.05) is 0 Å². The summed E-state index contributed by atoms with van der Waals surface area (Å²) >= 11 is 11.7. The third kappa shape index (κ3) is 0.974. The van der Waals surface area contributed by atoms with Crippen molar-refractivity contribution >= 4 is 34.2 Å². The number of nitrogens with zero attached hydrogens (tertiary/aromatic N) is 3. The molecule has 0 fully saturated rings. The van der Waals surface area contributed by atoms with Gasteiger partial charge < -0.3 is 0 Å². The normalized spacial score (nSPS) is 10.9. The van der Waals surface area contributed by atoms with Crippen molar-refractivity contribution in [3.8, 4) is 0 Å². The smallest absolute Gasteiger partial charge is 0.159 e. The lowest BCUT2D eigenvalue weighted by molar-refractivity contribution is 0.786. The third-order valence-electron chi connectivity index (χ3n) is 1.65. The van der Waals surface area contributed by atoms with Gasteiger partial charge in [0.2, 0.25) is 0 Å². The van der Waals surface area contributed by atoms with E-state index < -0.39 is 0 Å². The van der Waals surface area contributed by atoms with E-state index >= 15 is 0 Å². The Balaban J connectivity index is 2.93. The van der Waals surface area contributed by atoms with Crippen LogP contribution in [0.2, 0.25) is 10.0 Å². The van der Waals surface area contributed by atoms with E-state index in [0.29, 0.717) is 10.0 Å². The van der Waals surface area contributed by atoms with Gasteiger partial charge in [0.15, 0.2) is 5.65 Å². The Morgan fingerprint density at radius 3 is 2.83 bits per heavy atom. The predicted octanol–water partition coefficient (Wildman–Crippen LogP) is 2.28. The molecule has 0 radical (unpaired) electrons. The predicted molar refractivity (Wildman–Crippen MR) is 48.5 cm³/mol. The SMILES string of the molecule is Cn1ncc2c(Cl)c(Cl)cnc21. The largest absolute Gasteiger partial charge is 0.250 e. The van der Waals surface area contributed by atoms with Crippen molar-refractivity contribution in [1.82, 2.24) is 14.8 Å². The van der Waals surface area contributed by atoms with Gasteiger partial charge in [0, 0.05) is 13.2 Å². The fourth-order valence-corrected chi connectivity index (χ4v) is 1.37. The Morgan fingerprint density at radius 2 is 2.08 bits per heavy atom. The van der Waals surface area contributed by atoms with Crippen LogP contribution in [0.15, 0.2) is 12.4 Å². The van der Waals surface area contributed by atoms with Crippen LogP contribution < -0.4 is 0 Å². The summed E-state index contributed by atoms with van der Waals surface area (Å²) in [4.78, 5) is 4.09. The first-order valence-corrected chi connectivity index (χ1v) is 4.07. The Morgan fingerprint density at radius 1 is 1.33 bits per heavy atom. The highest BCUT2D eigenvalue weighted by Crippen LogP contribution is 2.28. The molecular formula is C7H5Cl2N3. The molecule has 0 atom stereocenters. The Hall–Kier alpha value is -0.800. The van der Waals surface area contributed by atoms with Crippen molar-refractivity contribution < 1.29 is 0 Å². The molecule has 0 amide bonds. The summed E-state index contributed by atoms with van der Waals surface area (Å²) < 4.78 is 1.65. The number of aromatic nitrogens is 3. The first kappa shape index (κ1) is 7.83. The molecule has 0 bridgehead atoms. The van der Waals surface area contributed by atoms with Crippen molar-refractivity contribution in [3.63, 3.8) is 0 Å². The summed E-state index contributed by atoms with van der Waals surface area (Å²) in [5, 5.41) is 5.76. The van der Waals surface area contributed by atoms with Crippen molar-refractivity contribution in [1.29, 1.82) is 0 Å². The highest BCUT2D eigenvalue weighted by molar-refractivity contribution is 6.44. The molecule has 0 aliphatic heterocycles. The van der Waals surface area contributed by atoms with Crippen LogP contribution in [0.25, 0.3) is 11.0 Å². The van der Waals surface area contributed by atoms with Crippen LogP contribution in [-0.2, 0) is 7.05 Å². The summed E-state index contributed by atoms with van der Waals surface area (Å²) in [7, 11) is 1.81. The minimum Gasteiger partial charge on any atom is -0.250 e. The van der Waals surface area contributed by atoms with Crippen LogP contribution in [0.3, 0.4) is 0 Å². The van der Waals surface area contributed by atoms with Gasteiger partial charge in [-0.15, -0.1) is 0 Å². The number of rotatable bonds is 0. The van der Waals surface area contributed by atoms with E-state index in [2.05, 4.69) is 10.1 Å². The molecule has 0 unspecified atom stereocenters. The quantitative estimate of drug-likeness (QED) is 0.655. The molecule has 2 heterocycles. The zero-order valence-electron chi connectivity index (χ0n) is 6.25.